The van der Waals surface area contributed by atoms with Crippen LogP contribution in [0, 0.1) is 0 Å². The predicted molar refractivity (Wildman–Crippen MR) is 128 cm³/mol. The monoisotopic (exact) mass is 413 g/mol. The number of hydrogen-bond acceptors (Lipinski definition) is 4. The van der Waals surface area contributed by atoms with Gasteiger partial charge in [0.15, 0.2) is 5.82 Å². The van der Waals surface area contributed by atoms with Gasteiger partial charge in [0, 0.05) is 29.6 Å². The van der Waals surface area contributed by atoms with E-state index in [1.54, 1.807) is 0 Å². The summed E-state index contributed by atoms with van der Waals surface area (Å²) in [7, 11) is 0. The topological polar surface area (TPSA) is 51.0 Å². The Kier molecular flexibility index (Phi) is 7.32. The maximum atomic E-state index is 5.49. The zero-order valence-electron chi connectivity index (χ0n) is 18.3. The van der Waals surface area contributed by atoms with Crippen molar-refractivity contribution in [2.45, 2.75) is 58.4 Å². The van der Waals surface area contributed by atoms with Crippen LogP contribution in [-0.4, -0.2) is 10.1 Å². The summed E-state index contributed by atoms with van der Waals surface area (Å²) in [5, 5.41) is 10.2. The van der Waals surface area contributed by atoms with E-state index in [4.69, 9.17) is 4.52 Å². The largest absolute Gasteiger partial charge is 0.380 e. The number of unbranched alkanes of at least 4 members (excludes halogenated alkanes) is 5. The third-order valence-corrected chi connectivity index (χ3v) is 5.70. The number of anilines is 1. The first-order valence-corrected chi connectivity index (χ1v) is 11.5. The maximum absolute atomic E-state index is 5.49. The fraction of sp³-hybridized carbons (Fsp3) is 0.333. The zero-order valence-corrected chi connectivity index (χ0v) is 18.3. The van der Waals surface area contributed by atoms with Crippen LogP contribution in [0.5, 0.6) is 0 Å². The first-order valence-electron chi connectivity index (χ1n) is 11.5. The number of benzene rings is 3. The molecule has 0 atom stereocenters. The van der Waals surface area contributed by atoms with Crippen molar-refractivity contribution in [3.8, 4) is 11.5 Å². The van der Waals surface area contributed by atoms with E-state index in [1.165, 1.54) is 48.4 Å². The van der Waals surface area contributed by atoms with Crippen LogP contribution in [-0.2, 0) is 13.0 Å². The summed E-state index contributed by atoms with van der Waals surface area (Å²) in [4.78, 5) is 4.58. The van der Waals surface area contributed by atoms with E-state index in [0.29, 0.717) is 5.89 Å². The summed E-state index contributed by atoms with van der Waals surface area (Å²) in [5.74, 6) is 1.42. The lowest BCUT2D eigenvalue weighted by Crippen LogP contribution is -1.99. The molecular formula is C27H31N3O. The van der Waals surface area contributed by atoms with Gasteiger partial charge in [0.25, 0.3) is 5.89 Å². The van der Waals surface area contributed by atoms with E-state index < -0.39 is 0 Å². The summed E-state index contributed by atoms with van der Waals surface area (Å²) in [6.07, 6.45) is 8.50. The molecule has 0 bridgehead atoms. The number of aryl methyl sites for hydroxylation is 1. The van der Waals surface area contributed by atoms with Crippen molar-refractivity contribution >= 4 is 16.5 Å². The summed E-state index contributed by atoms with van der Waals surface area (Å²) >= 11 is 0. The van der Waals surface area contributed by atoms with E-state index in [0.717, 1.165) is 36.5 Å². The molecule has 0 spiro atoms. The van der Waals surface area contributed by atoms with Gasteiger partial charge in [-0.3, -0.25) is 0 Å². The SMILES string of the molecule is CCCCCCCCc1noc(-c2ccc(CNc3cccc4ccccc34)cc2)n1. The molecule has 0 fully saturated rings. The zero-order chi connectivity index (χ0) is 21.3. The maximum Gasteiger partial charge on any atom is 0.257 e. The summed E-state index contributed by atoms with van der Waals surface area (Å²) in [6, 6.07) is 23.1. The highest BCUT2D eigenvalue weighted by Gasteiger charge is 2.09. The number of aromatic nitrogens is 2. The van der Waals surface area contributed by atoms with Crippen molar-refractivity contribution in [2.75, 3.05) is 5.32 Å². The van der Waals surface area contributed by atoms with Gasteiger partial charge in [0.1, 0.15) is 0 Å². The van der Waals surface area contributed by atoms with Crippen LogP contribution in [0.25, 0.3) is 22.2 Å². The van der Waals surface area contributed by atoms with Crippen molar-refractivity contribution in [2.24, 2.45) is 0 Å². The predicted octanol–water partition coefficient (Wildman–Crippen LogP) is 7.40. The van der Waals surface area contributed by atoms with Crippen LogP contribution in [0.1, 0.15) is 56.8 Å². The van der Waals surface area contributed by atoms with Crippen molar-refractivity contribution in [3.63, 3.8) is 0 Å². The third-order valence-electron chi connectivity index (χ3n) is 5.70. The highest BCUT2D eigenvalue weighted by molar-refractivity contribution is 5.93. The Morgan fingerprint density at radius 2 is 1.58 bits per heavy atom. The van der Waals surface area contributed by atoms with E-state index >= 15 is 0 Å². The Balaban J connectivity index is 1.31. The Morgan fingerprint density at radius 3 is 2.45 bits per heavy atom. The van der Waals surface area contributed by atoms with Crippen molar-refractivity contribution < 1.29 is 4.52 Å². The average Bonchev–Trinajstić information content (AvgIpc) is 3.29. The number of nitrogens with one attached hydrogen (secondary N) is 1. The van der Waals surface area contributed by atoms with Gasteiger partial charge in [-0.15, -0.1) is 0 Å². The van der Waals surface area contributed by atoms with Crippen molar-refractivity contribution in [1.29, 1.82) is 0 Å². The molecule has 0 radical (unpaired) electrons. The lowest BCUT2D eigenvalue weighted by molar-refractivity contribution is 0.421. The molecule has 1 N–H and O–H groups in total. The van der Waals surface area contributed by atoms with E-state index in [1.807, 2.05) is 0 Å². The second-order valence-corrected chi connectivity index (χ2v) is 8.11. The highest BCUT2D eigenvalue weighted by atomic mass is 16.5. The molecule has 0 aliphatic heterocycles. The molecule has 160 valence electrons. The normalized spacial score (nSPS) is 11.1. The van der Waals surface area contributed by atoms with E-state index in [9.17, 15) is 0 Å². The molecule has 0 unspecified atom stereocenters. The molecule has 3 aromatic carbocycles. The summed E-state index contributed by atoms with van der Waals surface area (Å²) in [6.45, 7) is 3.01. The van der Waals surface area contributed by atoms with Gasteiger partial charge in [-0.05, 0) is 35.6 Å². The average molecular weight is 414 g/mol. The lowest BCUT2D eigenvalue weighted by atomic mass is 10.1. The van der Waals surface area contributed by atoms with E-state index in [-0.39, 0.29) is 0 Å². The van der Waals surface area contributed by atoms with Crippen LogP contribution >= 0.6 is 0 Å². The highest BCUT2D eigenvalue weighted by Crippen LogP contribution is 2.24. The third kappa shape index (κ3) is 5.72. The Hall–Kier alpha value is -3.14. The fourth-order valence-corrected chi connectivity index (χ4v) is 3.88. The lowest BCUT2D eigenvalue weighted by Gasteiger charge is -2.10. The minimum atomic E-state index is 0.606. The second-order valence-electron chi connectivity index (χ2n) is 8.11. The molecule has 0 aliphatic rings. The molecule has 0 saturated heterocycles. The molecule has 0 aliphatic carbocycles. The smallest absolute Gasteiger partial charge is 0.257 e. The van der Waals surface area contributed by atoms with Gasteiger partial charge in [0.2, 0.25) is 0 Å². The van der Waals surface area contributed by atoms with Gasteiger partial charge in [0.05, 0.1) is 0 Å². The minimum absolute atomic E-state index is 0.606. The van der Waals surface area contributed by atoms with Gasteiger partial charge < -0.3 is 9.84 Å². The second kappa shape index (κ2) is 10.8. The van der Waals surface area contributed by atoms with Crippen molar-refractivity contribution in [1.82, 2.24) is 10.1 Å². The molecule has 0 saturated carbocycles. The fourth-order valence-electron chi connectivity index (χ4n) is 3.88. The quantitative estimate of drug-likeness (QED) is 0.260. The number of fused-ring (bicyclic) bond motifs is 1. The Bertz CT molecular complexity index is 1080. The molecule has 1 aromatic heterocycles. The Morgan fingerprint density at radius 1 is 0.806 bits per heavy atom. The molecular weight excluding hydrogens is 382 g/mol. The Labute approximate surface area is 184 Å². The van der Waals surface area contributed by atoms with Gasteiger partial charge in [-0.25, -0.2) is 0 Å². The van der Waals surface area contributed by atoms with Crippen LogP contribution < -0.4 is 5.32 Å². The first kappa shape index (κ1) is 21.1. The summed E-state index contributed by atoms with van der Waals surface area (Å²) in [5.41, 5.74) is 3.33. The van der Waals surface area contributed by atoms with E-state index in [2.05, 4.69) is 89.1 Å². The van der Waals surface area contributed by atoms with Crippen molar-refractivity contribution in [3.05, 3.63) is 78.1 Å². The van der Waals surface area contributed by atoms with Gasteiger partial charge in [-0.1, -0.05) is 92.7 Å². The molecule has 31 heavy (non-hydrogen) atoms. The minimum Gasteiger partial charge on any atom is -0.380 e. The molecule has 4 heteroatoms. The standard InChI is InChI=1S/C27H31N3O/c1-2-3-4-5-6-7-15-26-29-27(31-30-26)23-18-16-21(17-19-23)20-28-25-14-10-12-22-11-8-9-13-24(22)25/h8-14,16-19,28H,2-7,15,20H2,1H3. The molecule has 4 rings (SSSR count). The van der Waals surface area contributed by atoms with Crippen LogP contribution in [0.3, 0.4) is 0 Å². The van der Waals surface area contributed by atoms with Crippen LogP contribution in [0.15, 0.2) is 71.3 Å². The van der Waals surface area contributed by atoms with Crippen LogP contribution in [0.4, 0.5) is 5.69 Å². The molecule has 0 amide bonds. The number of hydrogen-bond donors (Lipinski definition) is 1. The van der Waals surface area contributed by atoms with Gasteiger partial charge >= 0.3 is 0 Å². The van der Waals surface area contributed by atoms with Crippen LogP contribution in [0.2, 0.25) is 0 Å². The molecule has 4 nitrogen and oxygen atoms in total. The molecule has 1 heterocycles. The van der Waals surface area contributed by atoms with Gasteiger partial charge in [-0.2, -0.15) is 4.98 Å². The number of nitrogens with zero attached hydrogens (tertiary/aromatic N) is 2. The number of rotatable bonds is 11. The molecule has 4 aromatic rings. The first-order chi connectivity index (χ1) is 15.3. The summed E-state index contributed by atoms with van der Waals surface area (Å²) < 4.78 is 5.49.